The summed E-state index contributed by atoms with van der Waals surface area (Å²) < 4.78 is 15.7. The van der Waals surface area contributed by atoms with Gasteiger partial charge >= 0.3 is 0 Å². The highest BCUT2D eigenvalue weighted by Gasteiger charge is 2.16. The van der Waals surface area contributed by atoms with Crippen LogP contribution in [0.25, 0.3) is 5.52 Å². The van der Waals surface area contributed by atoms with Crippen molar-refractivity contribution < 1.29 is 9.50 Å². The zero-order valence-corrected chi connectivity index (χ0v) is 12.0. The molecule has 0 aliphatic heterocycles. The first-order valence-corrected chi connectivity index (χ1v) is 6.83. The van der Waals surface area contributed by atoms with Crippen molar-refractivity contribution in [2.45, 2.75) is 12.5 Å². The minimum absolute atomic E-state index is 0.300. The lowest BCUT2D eigenvalue weighted by Gasteiger charge is -2.11. The second kappa shape index (κ2) is 5.30. The van der Waals surface area contributed by atoms with Crippen LogP contribution in [0.2, 0.25) is 0 Å². The second-order valence-corrected chi connectivity index (χ2v) is 5.32. The topological polar surface area (TPSA) is 50.4 Å². The molecular formula is C14H11BrFN3O. The fourth-order valence-corrected chi connectivity index (χ4v) is 2.54. The molecule has 3 aromatic rings. The lowest BCUT2D eigenvalue weighted by Crippen LogP contribution is -2.03. The molecule has 0 saturated carbocycles. The van der Waals surface area contributed by atoms with Crippen LogP contribution in [0.1, 0.15) is 17.2 Å². The largest absolute Gasteiger partial charge is 0.388 e. The molecule has 6 heteroatoms. The van der Waals surface area contributed by atoms with E-state index in [-0.39, 0.29) is 5.82 Å². The summed E-state index contributed by atoms with van der Waals surface area (Å²) in [5, 5.41) is 14.5. The molecule has 102 valence electrons. The Morgan fingerprint density at radius 2 is 2.20 bits per heavy atom. The number of fused-ring (bicyclic) bond motifs is 1. The molecule has 4 nitrogen and oxygen atoms in total. The van der Waals surface area contributed by atoms with Crippen molar-refractivity contribution in [3.8, 4) is 0 Å². The number of benzene rings is 1. The van der Waals surface area contributed by atoms with Gasteiger partial charge in [0, 0.05) is 28.9 Å². The van der Waals surface area contributed by atoms with Gasteiger partial charge in [-0.1, -0.05) is 15.9 Å². The summed E-state index contributed by atoms with van der Waals surface area (Å²) in [4.78, 5) is 4.03. The van der Waals surface area contributed by atoms with Crippen LogP contribution >= 0.6 is 15.9 Å². The van der Waals surface area contributed by atoms with Gasteiger partial charge in [0.2, 0.25) is 0 Å². The van der Waals surface area contributed by atoms with E-state index in [1.165, 1.54) is 12.1 Å². The first kappa shape index (κ1) is 13.2. The van der Waals surface area contributed by atoms with Gasteiger partial charge in [-0.2, -0.15) is 5.10 Å². The molecular weight excluding hydrogens is 325 g/mol. The number of hydrogen-bond acceptors (Lipinski definition) is 3. The number of hydrogen-bond donors (Lipinski definition) is 1. The van der Waals surface area contributed by atoms with Crippen molar-refractivity contribution in [2.24, 2.45) is 0 Å². The molecule has 20 heavy (non-hydrogen) atoms. The average molecular weight is 336 g/mol. The van der Waals surface area contributed by atoms with E-state index in [0.717, 1.165) is 9.99 Å². The van der Waals surface area contributed by atoms with Gasteiger partial charge in [0.1, 0.15) is 5.82 Å². The highest BCUT2D eigenvalue weighted by Crippen LogP contribution is 2.26. The van der Waals surface area contributed by atoms with Gasteiger partial charge < -0.3 is 5.11 Å². The highest BCUT2D eigenvalue weighted by atomic mass is 79.9. The fourth-order valence-electron chi connectivity index (χ4n) is 2.13. The third-order valence-electron chi connectivity index (χ3n) is 3.13. The molecule has 0 aliphatic rings. The van der Waals surface area contributed by atoms with E-state index in [1.807, 2.05) is 0 Å². The number of halogens is 2. The quantitative estimate of drug-likeness (QED) is 0.800. The summed E-state index contributed by atoms with van der Waals surface area (Å²) in [6.07, 6.45) is 6.12. The van der Waals surface area contributed by atoms with Crippen molar-refractivity contribution >= 4 is 21.4 Å². The van der Waals surface area contributed by atoms with E-state index in [2.05, 4.69) is 26.0 Å². The van der Waals surface area contributed by atoms with Crippen LogP contribution in [-0.4, -0.2) is 19.7 Å². The van der Waals surface area contributed by atoms with Gasteiger partial charge in [-0.3, -0.25) is 4.98 Å². The van der Waals surface area contributed by atoms with Crippen molar-refractivity contribution in [1.29, 1.82) is 0 Å². The summed E-state index contributed by atoms with van der Waals surface area (Å²) in [5.41, 5.74) is 2.13. The van der Waals surface area contributed by atoms with Crippen LogP contribution in [0.5, 0.6) is 0 Å². The van der Waals surface area contributed by atoms with Crippen LogP contribution in [0, 0.1) is 5.82 Å². The number of rotatable bonds is 3. The van der Waals surface area contributed by atoms with Gasteiger partial charge in [0.25, 0.3) is 0 Å². The predicted octanol–water partition coefficient (Wildman–Crippen LogP) is 2.91. The monoisotopic (exact) mass is 335 g/mol. The number of aliphatic hydroxyl groups is 1. The molecule has 0 radical (unpaired) electrons. The van der Waals surface area contributed by atoms with Crippen LogP contribution < -0.4 is 0 Å². The Labute approximate surface area is 123 Å². The highest BCUT2D eigenvalue weighted by molar-refractivity contribution is 9.10. The third kappa shape index (κ3) is 2.44. The van der Waals surface area contributed by atoms with Gasteiger partial charge in [0.15, 0.2) is 0 Å². The summed E-state index contributed by atoms with van der Waals surface area (Å²) in [7, 11) is 0. The average Bonchev–Trinajstić information content (AvgIpc) is 2.87. The maximum atomic E-state index is 13.3. The van der Waals surface area contributed by atoms with Gasteiger partial charge in [-0.15, -0.1) is 0 Å². The second-order valence-electron chi connectivity index (χ2n) is 4.46. The zero-order valence-electron chi connectivity index (χ0n) is 10.4. The summed E-state index contributed by atoms with van der Waals surface area (Å²) >= 11 is 3.36. The van der Waals surface area contributed by atoms with E-state index in [1.54, 1.807) is 35.4 Å². The van der Waals surface area contributed by atoms with Gasteiger partial charge in [-0.05, 0) is 23.8 Å². The minimum Gasteiger partial charge on any atom is -0.388 e. The summed E-state index contributed by atoms with van der Waals surface area (Å²) in [6, 6.07) is 4.42. The fraction of sp³-hybridized carbons (Fsp3) is 0.143. The maximum absolute atomic E-state index is 13.3. The van der Waals surface area contributed by atoms with E-state index in [4.69, 9.17) is 0 Å². The van der Waals surface area contributed by atoms with Crippen LogP contribution in [0.15, 0.2) is 47.5 Å². The SMILES string of the molecule is OC(Cc1cc(F)ccc1Br)c1cnn2ccncc12. The molecule has 0 fully saturated rings. The zero-order chi connectivity index (χ0) is 14.1. The van der Waals surface area contributed by atoms with Crippen molar-refractivity contribution in [3.05, 3.63) is 64.4 Å². The first-order valence-electron chi connectivity index (χ1n) is 6.04. The molecule has 0 amide bonds. The van der Waals surface area contributed by atoms with Crippen molar-refractivity contribution in [3.63, 3.8) is 0 Å². The van der Waals surface area contributed by atoms with E-state index >= 15 is 0 Å². The Morgan fingerprint density at radius 3 is 3.05 bits per heavy atom. The molecule has 1 atom stereocenters. The summed E-state index contributed by atoms with van der Waals surface area (Å²) in [6.45, 7) is 0. The Balaban J connectivity index is 1.93. The van der Waals surface area contributed by atoms with E-state index in [0.29, 0.717) is 17.5 Å². The third-order valence-corrected chi connectivity index (χ3v) is 3.91. The van der Waals surface area contributed by atoms with Gasteiger partial charge in [-0.25, -0.2) is 8.91 Å². The van der Waals surface area contributed by atoms with Crippen molar-refractivity contribution in [2.75, 3.05) is 0 Å². The van der Waals surface area contributed by atoms with E-state index in [9.17, 15) is 9.50 Å². The molecule has 2 heterocycles. The van der Waals surface area contributed by atoms with Crippen LogP contribution in [-0.2, 0) is 6.42 Å². The molecule has 0 saturated heterocycles. The Bertz CT molecular complexity index is 759. The molecule has 0 bridgehead atoms. The first-order chi connectivity index (χ1) is 9.65. The number of nitrogens with zero attached hydrogens (tertiary/aromatic N) is 3. The van der Waals surface area contributed by atoms with Crippen LogP contribution in [0.3, 0.4) is 0 Å². The Hall–Kier alpha value is -1.79. The van der Waals surface area contributed by atoms with E-state index < -0.39 is 6.10 Å². The molecule has 1 N–H and O–H groups in total. The molecule has 2 aromatic heterocycles. The minimum atomic E-state index is -0.769. The molecule has 0 aliphatic carbocycles. The maximum Gasteiger partial charge on any atom is 0.123 e. The lowest BCUT2D eigenvalue weighted by molar-refractivity contribution is 0.179. The molecule has 1 aromatic carbocycles. The lowest BCUT2D eigenvalue weighted by atomic mass is 10.0. The summed E-state index contributed by atoms with van der Waals surface area (Å²) in [5.74, 6) is -0.322. The number of aliphatic hydroxyl groups excluding tert-OH is 1. The Morgan fingerprint density at radius 1 is 1.35 bits per heavy atom. The molecule has 0 spiro atoms. The van der Waals surface area contributed by atoms with Gasteiger partial charge in [0.05, 0.1) is 24.0 Å². The molecule has 1 unspecified atom stereocenters. The normalized spacial score (nSPS) is 12.8. The smallest absolute Gasteiger partial charge is 0.123 e. The molecule has 3 rings (SSSR count). The number of aromatic nitrogens is 3. The van der Waals surface area contributed by atoms with Crippen molar-refractivity contribution in [1.82, 2.24) is 14.6 Å². The predicted molar refractivity (Wildman–Crippen MR) is 75.8 cm³/mol. The Kier molecular flexibility index (Phi) is 3.50. The van der Waals surface area contributed by atoms with Crippen LogP contribution in [0.4, 0.5) is 4.39 Å². The standard InChI is InChI=1S/C14H11BrFN3O/c15-12-2-1-10(16)5-9(12)6-14(20)11-7-18-19-4-3-17-8-13(11)19/h1-5,7-8,14,20H,6H2.